The van der Waals surface area contributed by atoms with Crippen LogP contribution in [0.3, 0.4) is 0 Å². The molecule has 0 aliphatic carbocycles. The van der Waals surface area contributed by atoms with Gasteiger partial charge in [-0.15, -0.1) is 0 Å². The minimum Gasteiger partial charge on any atom is -0.295 e. The molecular weight excluding hydrogens is 951 g/mol. The lowest BCUT2D eigenvalue weighted by Gasteiger charge is -2.22. The predicted molar refractivity (Wildman–Crippen MR) is 270 cm³/mol. The van der Waals surface area contributed by atoms with Gasteiger partial charge < -0.3 is 0 Å². The van der Waals surface area contributed by atoms with E-state index in [4.69, 9.17) is 46.4 Å². The largest absolute Gasteiger partial charge is 0.295 e. The van der Waals surface area contributed by atoms with Crippen LogP contribution in [0.15, 0.2) is 72.8 Å². The summed E-state index contributed by atoms with van der Waals surface area (Å²) >= 11 is 23.0. The average molecular weight is 1020 g/mol. The molecule has 370 valence electrons. The Morgan fingerprint density at radius 2 is 0.851 bits per heavy atom. The van der Waals surface area contributed by atoms with Gasteiger partial charge in [0.2, 0.25) is 0 Å². The van der Waals surface area contributed by atoms with Crippen molar-refractivity contribution in [2.24, 2.45) is 0 Å². The van der Waals surface area contributed by atoms with E-state index in [9.17, 15) is 35.5 Å². The number of Topliss-reactive ketones (excluding diaryl/α,β-unsaturated/α-hetero) is 1. The number of aryl methyl sites for hydroxylation is 2. The topological polar surface area (TPSA) is 17.1 Å². The van der Waals surface area contributed by atoms with Crippen molar-refractivity contribution in [3.63, 3.8) is 0 Å². The Morgan fingerprint density at radius 1 is 0.463 bits per heavy atom. The van der Waals surface area contributed by atoms with Crippen molar-refractivity contribution in [3.05, 3.63) is 172 Å². The second-order valence-electron chi connectivity index (χ2n) is 21.4. The molecule has 0 amide bonds. The number of carbonyl (C=O) groups is 1. The molecule has 5 rings (SSSR count). The van der Waals surface area contributed by atoms with Gasteiger partial charge in [0.15, 0.2) is 5.78 Å². The Balaban J connectivity index is 0.000000419. The Kier molecular flexibility index (Phi) is 22.3. The van der Waals surface area contributed by atoms with Crippen molar-refractivity contribution in [3.8, 4) is 0 Å². The summed E-state index contributed by atoms with van der Waals surface area (Å²) in [5, 5.41) is 1.35. The van der Waals surface area contributed by atoms with Crippen LogP contribution in [0.25, 0.3) is 0 Å². The summed E-state index contributed by atoms with van der Waals surface area (Å²) in [6, 6.07) is 18.5. The third kappa shape index (κ3) is 18.7. The summed E-state index contributed by atoms with van der Waals surface area (Å²) < 4.78 is 92.3. The van der Waals surface area contributed by atoms with Crippen LogP contribution in [0.1, 0.15) is 172 Å². The van der Waals surface area contributed by atoms with Gasteiger partial charge in [-0.05, 0) is 136 Å². The molecule has 12 heteroatoms. The second kappa shape index (κ2) is 24.3. The van der Waals surface area contributed by atoms with Crippen LogP contribution in [0.5, 0.6) is 0 Å². The van der Waals surface area contributed by atoms with E-state index in [0.717, 1.165) is 16.7 Å². The van der Waals surface area contributed by atoms with Crippen molar-refractivity contribution >= 4 is 52.2 Å². The number of carbonyl (C=O) groups excluding carboxylic acids is 1. The summed E-state index contributed by atoms with van der Waals surface area (Å²) in [6.07, 6.45) is -2.44. The summed E-state index contributed by atoms with van der Waals surface area (Å²) in [6.45, 7) is 33.6. The molecule has 5 aromatic rings. The normalized spacial score (nSPS) is 11.9. The standard InChI is InChI=1S/C12H15ClO.C11H13ClF2.C11H14ClF.C11H14F2.C10H11ClF2/c1-8(14)10-6-5-9(13)7-11(10)12(2,3)4;1-11(2,3)9-6-7(12)4-5-8(9)10(13)14;1-7-5-6-8(12)10(13)9(7)11(2,3)4;1-7-5-8(12)10(9(13)6-7)11(2,3)4;1-10(2,3)8-7(12)5-4-6(11)9(8)13/h5-7H,1-4H3;4-6,10H,1-3H3;2*5-6H,1-4H3;4-5H,1-3H3. The number of alkyl halides is 2. The second-order valence-corrected chi connectivity index (χ2v) is 23.1. The minimum atomic E-state index is -2.44. The van der Waals surface area contributed by atoms with Crippen molar-refractivity contribution in [1.82, 2.24) is 0 Å². The molecular formula is C55H67Cl4F7O. The summed E-state index contributed by atoms with van der Waals surface area (Å²) in [4.78, 5) is 11.4. The third-order valence-electron chi connectivity index (χ3n) is 10.0. The van der Waals surface area contributed by atoms with Crippen molar-refractivity contribution in [2.45, 2.75) is 158 Å². The predicted octanol–water partition coefficient (Wildman–Crippen LogP) is 20.0. The monoisotopic (exact) mass is 1020 g/mol. The molecule has 0 saturated heterocycles. The van der Waals surface area contributed by atoms with Crippen molar-refractivity contribution in [1.29, 1.82) is 0 Å². The lowest BCUT2D eigenvalue weighted by atomic mass is 9.83. The Labute approximate surface area is 415 Å². The summed E-state index contributed by atoms with van der Waals surface area (Å²) in [5.41, 5.74) is 3.33. The fraction of sp³-hybridized carbons (Fsp3) is 0.436. The summed E-state index contributed by atoms with van der Waals surface area (Å²) in [7, 11) is 0. The molecule has 0 aliphatic rings. The summed E-state index contributed by atoms with van der Waals surface area (Å²) in [5.74, 6) is -2.31. The molecule has 0 fully saturated rings. The van der Waals surface area contributed by atoms with Gasteiger partial charge in [0.1, 0.15) is 29.1 Å². The zero-order valence-corrected chi connectivity index (χ0v) is 45.1. The molecule has 67 heavy (non-hydrogen) atoms. The van der Waals surface area contributed by atoms with Crippen molar-refractivity contribution in [2.75, 3.05) is 0 Å². The van der Waals surface area contributed by atoms with E-state index in [0.29, 0.717) is 26.7 Å². The number of hydrogen-bond acceptors (Lipinski definition) is 1. The van der Waals surface area contributed by atoms with Gasteiger partial charge in [-0.2, -0.15) is 0 Å². The average Bonchev–Trinajstić information content (AvgIpc) is 3.13. The van der Waals surface area contributed by atoms with Gasteiger partial charge in [-0.3, -0.25) is 4.79 Å². The minimum absolute atomic E-state index is 0.0358. The fourth-order valence-corrected chi connectivity index (χ4v) is 7.67. The molecule has 0 aromatic heterocycles. The number of benzene rings is 5. The van der Waals surface area contributed by atoms with Crippen LogP contribution >= 0.6 is 46.4 Å². The van der Waals surface area contributed by atoms with E-state index in [1.54, 1.807) is 79.7 Å². The van der Waals surface area contributed by atoms with E-state index >= 15 is 0 Å². The van der Waals surface area contributed by atoms with Crippen LogP contribution in [0.4, 0.5) is 30.7 Å². The lowest BCUT2D eigenvalue weighted by molar-refractivity contribution is 0.101. The molecule has 0 spiro atoms. The molecule has 0 radical (unpaired) electrons. The molecule has 0 unspecified atom stereocenters. The first-order valence-electron chi connectivity index (χ1n) is 21.6. The lowest BCUT2D eigenvalue weighted by Crippen LogP contribution is -2.16. The number of ketones is 1. The highest BCUT2D eigenvalue weighted by Gasteiger charge is 2.26. The SMILES string of the molecule is CC(=O)c1ccc(Cl)cc1C(C)(C)C.CC(C)(C)c1c(F)ccc(Cl)c1F.CC(C)(C)c1cc(Cl)ccc1C(F)F.Cc1cc(F)c(C(C)(C)C)c(F)c1.Cc1ccc(Cl)c(F)c1C(C)(C)C. The zero-order valence-electron chi connectivity index (χ0n) is 42.1. The van der Waals surface area contributed by atoms with Gasteiger partial charge in [0.05, 0.1) is 10.0 Å². The molecule has 0 atom stereocenters. The van der Waals surface area contributed by atoms with Gasteiger partial charge in [0, 0.05) is 32.3 Å². The van der Waals surface area contributed by atoms with Gasteiger partial charge in [0.25, 0.3) is 6.43 Å². The van der Waals surface area contributed by atoms with Gasteiger partial charge >= 0.3 is 0 Å². The maximum Gasteiger partial charge on any atom is 0.264 e. The number of rotatable bonds is 2. The maximum atomic E-state index is 13.6. The fourth-order valence-electron chi connectivity index (χ4n) is 7.01. The van der Waals surface area contributed by atoms with E-state index in [-0.39, 0.29) is 54.6 Å². The van der Waals surface area contributed by atoms with Gasteiger partial charge in [-0.1, -0.05) is 162 Å². The highest BCUT2D eigenvalue weighted by Crippen LogP contribution is 2.36. The quantitative estimate of drug-likeness (QED) is 0.0978. The van der Waals surface area contributed by atoms with Gasteiger partial charge in [-0.25, -0.2) is 30.7 Å². The maximum absolute atomic E-state index is 13.6. The van der Waals surface area contributed by atoms with Crippen molar-refractivity contribution < 1.29 is 35.5 Å². The first-order chi connectivity index (χ1) is 30.1. The van der Waals surface area contributed by atoms with Crippen LogP contribution in [0.2, 0.25) is 20.1 Å². The van der Waals surface area contributed by atoms with Crippen LogP contribution in [0, 0.1) is 42.9 Å². The Morgan fingerprint density at radius 3 is 1.21 bits per heavy atom. The third-order valence-corrected chi connectivity index (χ3v) is 11.1. The number of hydrogen-bond donors (Lipinski definition) is 0. The highest BCUT2D eigenvalue weighted by molar-refractivity contribution is 6.31. The molecule has 0 heterocycles. The molecule has 0 N–H and O–H groups in total. The molecule has 1 nitrogen and oxygen atoms in total. The van der Waals surface area contributed by atoms with E-state index in [2.05, 4.69) is 20.8 Å². The molecule has 0 aliphatic heterocycles. The highest BCUT2D eigenvalue weighted by atomic mass is 35.5. The smallest absolute Gasteiger partial charge is 0.264 e. The number of halogens is 11. The molecule has 5 aromatic carbocycles. The Hall–Kier alpha value is -3.56. The van der Waals surface area contributed by atoms with E-state index in [1.807, 2.05) is 60.6 Å². The van der Waals surface area contributed by atoms with E-state index < -0.39 is 40.5 Å². The first kappa shape index (κ1) is 61.5. The van der Waals surface area contributed by atoms with Crippen LogP contribution < -0.4 is 0 Å². The molecule has 0 bridgehead atoms. The van der Waals surface area contributed by atoms with E-state index in [1.165, 1.54) is 36.4 Å². The molecule has 0 saturated carbocycles. The van der Waals surface area contributed by atoms with Crippen LogP contribution in [-0.4, -0.2) is 5.78 Å². The van der Waals surface area contributed by atoms with Crippen LogP contribution in [-0.2, 0) is 27.1 Å². The Bertz CT molecular complexity index is 2370. The first-order valence-corrected chi connectivity index (χ1v) is 23.1. The zero-order chi connectivity index (χ0) is 52.5.